The van der Waals surface area contributed by atoms with Crippen molar-refractivity contribution < 1.29 is 14.7 Å². The molecule has 0 radical (unpaired) electrons. The molecule has 0 bridgehead atoms. The topological polar surface area (TPSA) is 69.6 Å². The Morgan fingerprint density at radius 3 is 2.54 bits per heavy atom. The van der Waals surface area contributed by atoms with Crippen LogP contribution in [-0.4, -0.2) is 34.4 Å². The lowest BCUT2D eigenvalue weighted by Crippen LogP contribution is -2.43. The number of carbonyl (C=O) groups excluding carboxylic acids is 2. The van der Waals surface area contributed by atoms with Gasteiger partial charge in [0.15, 0.2) is 0 Å². The van der Waals surface area contributed by atoms with Crippen LogP contribution in [0.2, 0.25) is 0 Å². The molecule has 1 saturated heterocycles. The van der Waals surface area contributed by atoms with E-state index in [0.717, 1.165) is 12.0 Å². The Bertz CT molecular complexity index is 730. The number of amides is 2. The van der Waals surface area contributed by atoms with E-state index in [0.29, 0.717) is 25.1 Å². The lowest BCUT2D eigenvalue weighted by atomic mass is 10.1. The van der Waals surface area contributed by atoms with E-state index in [1.54, 1.807) is 23.1 Å². The molecule has 1 atom stereocenters. The molecule has 1 aliphatic heterocycles. The van der Waals surface area contributed by atoms with Crippen molar-refractivity contribution in [2.45, 2.75) is 25.3 Å². The standard InChI is InChI=1S/C19H20N2O3/c22-17-11-5-4-9-15(17)20-19(24)16-10-6-12-21(16)18(23)13-14-7-2-1-3-8-14/h1-5,7-9,11,16,22H,6,10,12-13H2,(H,20,24)/t16-/m1/s1. The quantitative estimate of drug-likeness (QED) is 0.849. The molecule has 0 spiro atoms. The monoisotopic (exact) mass is 324 g/mol. The molecule has 1 aliphatic rings. The van der Waals surface area contributed by atoms with Crippen molar-refractivity contribution >= 4 is 17.5 Å². The number of aromatic hydroxyl groups is 1. The van der Waals surface area contributed by atoms with Crippen molar-refractivity contribution in [3.63, 3.8) is 0 Å². The second-order valence-electron chi connectivity index (χ2n) is 5.91. The van der Waals surface area contributed by atoms with Gasteiger partial charge in [-0.2, -0.15) is 0 Å². The summed E-state index contributed by atoms with van der Waals surface area (Å²) in [6, 6.07) is 15.6. The molecular weight excluding hydrogens is 304 g/mol. The minimum absolute atomic E-state index is 0.0195. The molecule has 0 aliphatic carbocycles. The number of para-hydroxylation sites is 2. The Morgan fingerprint density at radius 2 is 1.79 bits per heavy atom. The normalized spacial score (nSPS) is 16.8. The van der Waals surface area contributed by atoms with Crippen molar-refractivity contribution in [3.05, 3.63) is 60.2 Å². The zero-order valence-electron chi connectivity index (χ0n) is 13.3. The Morgan fingerprint density at radius 1 is 1.08 bits per heavy atom. The van der Waals surface area contributed by atoms with E-state index in [2.05, 4.69) is 5.32 Å². The lowest BCUT2D eigenvalue weighted by Gasteiger charge is -2.24. The van der Waals surface area contributed by atoms with Crippen LogP contribution in [0.3, 0.4) is 0 Å². The molecule has 124 valence electrons. The number of anilines is 1. The third-order valence-electron chi connectivity index (χ3n) is 4.24. The molecule has 1 heterocycles. The average molecular weight is 324 g/mol. The van der Waals surface area contributed by atoms with Gasteiger partial charge in [-0.3, -0.25) is 9.59 Å². The number of nitrogens with zero attached hydrogens (tertiary/aromatic N) is 1. The summed E-state index contributed by atoms with van der Waals surface area (Å²) in [6.07, 6.45) is 1.74. The number of hydrogen-bond donors (Lipinski definition) is 2. The van der Waals surface area contributed by atoms with Crippen LogP contribution in [0, 0.1) is 0 Å². The van der Waals surface area contributed by atoms with E-state index in [-0.39, 0.29) is 17.6 Å². The molecule has 2 aromatic carbocycles. The first-order chi connectivity index (χ1) is 11.6. The number of benzene rings is 2. The van der Waals surface area contributed by atoms with E-state index < -0.39 is 6.04 Å². The molecule has 5 heteroatoms. The van der Waals surface area contributed by atoms with Gasteiger partial charge in [-0.25, -0.2) is 0 Å². The van der Waals surface area contributed by atoms with Gasteiger partial charge < -0.3 is 15.3 Å². The van der Waals surface area contributed by atoms with Gasteiger partial charge in [0.1, 0.15) is 11.8 Å². The number of phenolic OH excluding ortho intramolecular Hbond substituents is 1. The minimum atomic E-state index is -0.485. The molecule has 2 aromatic rings. The van der Waals surface area contributed by atoms with Crippen LogP contribution in [-0.2, 0) is 16.0 Å². The minimum Gasteiger partial charge on any atom is -0.506 e. The molecule has 5 nitrogen and oxygen atoms in total. The van der Waals surface area contributed by atoms with Crippen LogP contribution >= 0.6 is 0 Å². The maximum Gasteiger partial charge on any atom is 0.247 e. The fourth-order valence-electron chi connectivity index (χ4n) is 3.01. The lowest BCUT2D eigenvalue weighted by molar-refractivity contribution is -0.136. The first kappa shape index (κ1) is 16.1. The Hall–Kier alpha value is -2.82. The van der Waals surface area contributed by atoms with Gasteiger partial charge in [0.05, 0.1) is 12.1 Å². The maximum absolute atomic E-state index is 12.5. The predicted octanol–water partition coefficient (Wildman–Crippen LogP) is 2.56. The summed E-state index contributed by atoms with van der Waals surface area (Å²) in [4.78, 5) is 26.7. The van der Waals surface area contributed by atoms with Crippen LogP contribution in [0.15, 0.2) is 54.6 Å². The number of hydrogen-bond acceptors (Lipinski definition) is 3. The van der Waals surface area contributed by atoms with Gasteiger partial charge in [0.25, 0.3) is 0 Å². The van der Waals surface area contributed by atoms with Gasteiger partial charge in [0.2, 0.25) is 11.8 Å². The molecule has 3 rings (SSSR count). The van der Waals surface area contributed by atoms with Crippen LogP contribution < -0.4 is 5.32 Å². The van der Waals surface area contributed by atoms with Crippen LogP contribution in [0.1, 0.15) is 18.4 Å². The second-order valence-corrected chi connectivity index (χ2v) is 5.91. The summed E-state index contributed by atoms with van der Waals surface area (Å²) >= 11 is 0. The number of rotatable bonds is 4. The van der Waals surface area contributed by atoms with Crippen molar-refractivity contribution in [3.8, 4) is 5.75 Å². The summed E-state index contributed by atoms with van der Waals surface area (Å²) in [6.45, 7) is 0.588. The number of phenols is 1. The van der Waals surface area contributed by atoms with Crippen molar-refractivity contribution in [1.82, 2.24) is 4.90 Å². The molecule has 1 fully saturated rings. The third kappa shape index (κ3) is 3.56. The van der Waals surface area contributed by atoms with Gasteiger partial charge in [-0.15, -0.1) is 0 Å². The van der Waals surface area contributed by atoms with Gasteiger partial charge in [-0.1, -0.05) is 42.5 Å². The maximum atomic E-state index is 12.5. The van der Waals surface area contributed by atoms with Crippen molar-refractivity contribution in [2.75, 3.05) is 11.9 Å². The highest BCUT2D eigenvalue weighted by Gasteiger charge is 2.34. The van der Waals surface area contributed by atoms with Crippen LogP contribution in [0.25, 0.3) is 0 Å². The Kier molecular flexibility index (Phi) is 4.79. The highest BCUT2D eigenvalue weighted by Crippen LogP contribution is 2.25. The van der Waals surface area contributed by atoms with E-state index in [1.807, 2.05) is 30.3 Å². The Balaban J connectivity index is 1.67. The average Bonchev–Trinajstić information content (AvgIpc) is 3.08. The molecule has 0 saturated carbocycles. The largest absolute Gasteiger partial charge is 0.506 e. The second kappa shape index (κ2) is 7.17. The SMILES string of the molecule is O=C(Nc1ccccc1O)[C@H]1CCCN1C(=O)Cc1ccccc1. The molecule has 24 heavy (non-hydrogen) atoms. The Labute approximate surface area is 140 Å². The fourth-order valence-corrected chi connectivity index (χ4v) is 3.01. The molecule has 0 unspecified atom stereocenters. The zero-order chi connectivity index (χ0) is 16.9. The highest BCUT2D eigenvalue weighted by atomic mass is 16.3. The van der Waals surface area contributed by atoms with E-state index in [4.69, 9.17) is 0 Å². The number of nitrogens with one attached hydrogen (secondary N) is 1. The van der Waals surface area contributed by atoms with Crippen LogP contribution in [0.4, 0.5) is 5.69 Å². The molecule has 2 N–H and O–H groups in total. The highest BCUT2D eigenvalue weighted by molar-refractivity contribution is 5.98. The van der Waals surface area contributed by atoms with E-state index in [9.17, 15) is 14.7 Å². The summed E-state index contributed by atoms with van der Waals surface area (Å²) < 4.78 is 0. The smallest absolute Gasteiger partial charge is 0.247 e. The van der Waals surface area contributed by atoms with Gasteiger partial charge >= 0.3 is 0 Å². The summed E-state index contributed by atoms with van der Waals surface area (Å²) in [7, 11) is 0. The zero-order valence-corrected chi connectivity index (χ0v) is 13.3. The molecule has 0 aromatic heterocycles. The fraction of sp³-hybridized carbons (Fsp3) is 0.263. The number of likely N-dealkylation sites (tertiary alicyclic amines) is 1. The summed E-state index contributed by atoms with van der Waals surface area (Å²) in [5, 5.41) is 12.5. The van der Waals surface area contributed by atoms with Crippen LogP contribution in [0.5, 0.6) is 5.75 Å². The van der Waals surface area contributed by atoms with E-state index in [1.165, 1.54) is 6.07 Å². The third-order valence-corrected chi connectivity index (χ3v) is 4.24. The first-order valence-electron chi connectivity index (χ1n) is 8.07. The molecular formula is C19H20N2O3. The predicted molar refractivity (Wildman–Crippen MR) is 91.6 cm³/mol. The van der Waals surface area contributed by atoms with Crippen molar-refractivity contribution in [2.24, 2.45) is 0 Å². The van der Waals surface area contributed by atoms with Crippen molar-refractivity contribution in [1.29, 1.82) is 0 Å². The molecule has 2 amide bonds. The van der Waals surface area contributed by atoms with Gasteiger partial charge in [-0.05, 0) is 30.5 Å². The summed E-state index contributed by atoms with van der Waals surface area (Å²) in [5.41, 5.74) is 1.30. The number of carbonyl (C=O) groups is 2. The van der Waals surface area contributed by atoms with Gasteiger partial charge in [0, 0.05) is 6.54 Å². The summed E-state index contributed by atoms with van der Waals surface area (Å²) in [5.74, 6) is -0.280. The first-order valence-corrected chi connectivity index (χ1v) is 8.07. The van der Waals surface area contributed by atoms with E-state index >= 15 is 0 Å².